The summed E-state index contributed by atoms with van der Waals surface area (Å²) in [5, 5.41) is 2.59. The first-order valence-corrected chi connectivity index (χ1v) is 5.12. The Morgan fingerprint density at radius 2 is 1.69 bits per heavy atom. The van der Waals surface area contributed by atoms with Crippen LogP contribution in [0.2, 0.25) is 0 Å². The van der Waals surface area contributed by atoms with Crippen molar-refractivity contribution < 1.29 is 0 Å². The second kappa shape index (κ2) is 3.54. The lowest BCUT2D eigenvalue weighted by Gasteiger charge is -2.10. The van der Waals surface area contributed by atoms with Crippen molar-refractivity contribution in [1.29, 1.82) is 0 Å². The van der Waals surface area contributed by atoms with Gasteiger partial charge in [-0.2, -0.15) is 0 Å². The summed E-state index contributed by atoms with van der Waals surface area (Å²) in [6.07, 6.45) is 0. The molecule has 13 heavy (non-hydrogen) atoms. The van der Waals surface area contributed by atoms with E-state index in [0.29, 0.717) is 0 Å². The molecule has 2 rings (SSSR count). The quantitative estimate of drug-likeness (QED) is 0.570. The topological polar surface area (TPSA) is 3.24 Å². The number of halogens is 1. The third-order valence-electron chi connectivity index (χ3n) is 2.09. The maximum Gasteiger partial charge on any atom is 0.0588 e. The molecule has 1 nitrogen and oxygen atoms in total. The van der Waals surface area contributed by atoms with Crippen LogP contribution < -0.4 is 3.11 Å². The molecule has 0 aliphatic rings. The van der Waals surface area contributed by atoms with Gasteiger partial charge in [0, 0.05) is 12.7 Å². The molecule has 2 aromatic rings. The van der Waals surface area contributed by atoms with Gasteiger partial charge in [0.25, 0.3) is 0 Å². The Balaban J connectivity index is 2.62. The molecule has 0 fully saturated rings. The van der Waals surface area contributed by atoms with Gasteiger partial charge in [0.15, 0.2) is 0 Å². The first kappa shape index (κ1) is 8.81. The van der Waals surface area contributed by atoms with Gasteiger partial charge in [-0.05, 0) is 22.9 Å². The van der Waals surface area contributed by atoms with E-state index in [2.05, 4.69) is 68.4 Å². The van der Waals surface area contributed by atoms with Gasteiger partial charge in [0.2, 0.25) is 0 Å². The van der Waals surface area contributed by atoms with Crippen LogP contribution in [0, 0.1) is 0 Å². The molecular formula is C11H10IN. The second-order valence-electron chi connectivity index (χ2n) is 3.01. The summed E-state index contributed by atoms with van der Waals surface area (Å²) in [7, 11) is 2.05. The Bertz CT molecular complexity index is 423. The lowest BCUT2D eigenvalue weighted by Crippen LogP contribution is -1.98. The highest BCUT2D eigenvalue weighted by Crippen LogP contribution is 2.22. The van der Waals surface area contributed by atoms with E-state index < -0.39 is 0 Å². The summed E-state index contributed by atoms with van der Waals surface area (Å²) in [4.78, 5) is 0. The van der Waals surface area contributed by atoms with Gasteiger partial charge >= 0.3 is 0 Å². The van der Waals surface area contributed by atoms with Gasteiger partial charge in [-0.1, -0.05) is 30.3 Å². The van der Waals surface area contributed by atoms with Crippen LogP contribution in [-0.2, 0) is 0 Å². The molecule has 0 atom stereocenters. The van der Waals surface area contributed by atoms with Crippen molar-refractivity contribution in [2.45, 2.75) is 0 Å². The van der Waals surface area contributed by atoms with E-state index in [1.807, 2.05) is 7.05 Å². The zero-order chi connectivity index (χ0) is 9.26. The molecule has 0 aromatic heterocycles. The summed E-state index contributed by atoms with van der Waals surface area (Å²) in [6.45, 7) is 0. The van der Waals surface area contributed by atoms with Gasteiger partial charge < -0.3 is 3.11 Å². The van der Waals surface area contributed by atoms with Gasteiger partial charge in [0.05, 0.1) is 22.9 Å². The molecule has 0 bridgehead atoms. The molecule has 0 unspecified atom stereocenters. The number of benzene rings is 2. The van der Waals surface area contributed by atoms with E-state index in [4.69, 9.17) is 0 Å². The van der Waals surface area contributed by atoms with E-state index in [1.165, 1.54) is 16.5 Å². The second-order valence-corrected chi connectivity index (χ2v) is 4.46. The van der Waals surface area contributed by atoms with E-state index >= 15 is 0 Å². The fraction of sp³-hybridized carbons (Fsp3) is 0.0909. The van der Waals surface area contributed by atoms with E-state index in [9.17, 15) is 0 Å². The summed E-state index contributed by atoms with van der Waals surface area (Å²) >= 11 is 2.27. The Hall–Kier alpha value is -0.770. The highest BCUT2D eigenvalue weighted by molar-refractivity contribution is 14.1. The van der Waals surface area contributed by atoms with Crippen molar-refractivity contribution in [3.63, 3.8) is 0 Å². The van der Waals surface area contributed by atoms with Gasteiger partial charge in [-0.15, -0.1) is 0 Å². The maximum atomic E-state index is 2.27. The van der Waals surface area contributed by atoms with Crippen LogP contribution in [0.25, 0.3) is 10.8 Å². The van der Waals surface area contributed by atoms with Crippen LogP contribution in [0.1, 0.15) is 0 Å². The zero-order valence-electron chi connectivity index (χ0n) is 7.37. The third-order valence-corrected chi connectivity index (χ3v) is 2.65. The molecule has 0 radical (unpaired) electrons. The van der Waals surface area contributed by atoms with Crippen LogP contribution in [0.15, 0.2) is 42.5 Å². The van der Waals surface area contributed by atoms with Crippen molar-refractivity contribution in [3.05, 3.63) is 42.5 Å². The van der Waals surface area contributed by atoms with Gasteiger partial charge in [-0.25, -0.2) is 0 Å². The number of hydrogen-bond donors (Lipinski definition) is 0. The van der Waals surface area contributed by atoms with Crippen molar-refractivity contribution in [2.75, 3.05) is 10.2 Å². The molecule has 0 aliphatic carbocycles. The SMILES string of the molecule is CN(I)c1ccc2ccccc2c1. The first-order valence-electron chi connectivity index (χ1n) is 4.16. The van der Waals surface area contributed by atoms with Gasteiger partial charge in [-0.3, -0.25) is 0 Å². The van der Waals surface area contributed by atoms with Crippen LogP contribution in [0.5, 0.6) is 0 Å². The minimum atomic E-state index is 1.24. The van der Waals surface area contributed by atoms with Crippen LogP contribution >= 0.6 is 22.9 Å². The van der Waals surface area contributed by atoms with Gasteiger partial charge in [0.1, 0.15) is 0 Å². The van der Waals surface area contributed by atoms with E-state index in [1.54, 1.807) is 0 Å². The monoisotopic (exact) mass is 283 g/mol. The Morgan fingerprint density at radius 3 is 2.38 bits per heavy atom. The molecule has 2 heteroatoms. The number of fused-ring (bicyclic) bond motifs is 1. The third kappa shape index (κ3) is 1.77. The fourth-order valence-electron chi connectivity index (χ4n) is 1.37. The summed E-state index contributed by atoms with van der Waals surface area (Å²) in [6, 6.07) is 14.9. The normalized spacial score (nSPS) is 10.3. The molecule has 2 aromatic carbocycles. The van der Waals surface area contributed by atoms with Crippen LogP contribution in [0.4, 0.5) is 5.69 Å². The lowest BCUT2D eigenvalue weighted by molar-refractivity contribution is 1.42. The standard InChI is InChI=1S/C11H10IN/c1-13(12)11-7-6-9-4-2-3-5-10(9)8-11/h2-8H,1H3. The first-order chi connectivity index (χ1) is 6.27. The smallest absolute Gasteiger partial charge is 0.0588 e. The number of nitrogens with zero attached hydrogens (tertiary/aromatic N) is 1. The maximum absolute atomic E-state index is 2.27. The molecule has 0 aliphatic heterocycles. The summed E-state index contributed by atoms with van der Waals surface area (Å²) < 4.78 is 2.09. The number of anilines is 1. The number of rotatable bonds is 1. The summed E-state index contributed by atoms with van der Waals surface area (Å²) in [5.74, 6) is 0. The van der Waals surface area contributed by atoms with Crippen molar-refractivity contribution in [2.24, 2.45) is 0 Å². The molecular weight excluding hydrogens is 273 g/mol. The van der Waals surface area contributed by atoms with E-state index in [0.717, 1.165) is 0 Å². The zero-order valence-corrected chi connectivity index (χ0v) is 9.52. The van der Waals surface area contributed by atoms with Crippen molar-refractivity contribution >= 4 is 39.3 Å². The van der Waals surface area contributed by atoms with Crippen LogP contribution in [0.3, 0.4) is 0 Å². The largest absolute Gasteiger partial charge is 0.318 e. The average molecular weight is 283 g/mol. The molecule has 0 amide bonds. The lowest BCUT2D eigenvalue weighted by atomic mass is 10.1. The predicted octanol–water partition coefficient (Wildman–Crippen LogP) is 3.63. The highest BCUT2D eigenvalue weighted by atomic mass is 127. The average Bonchev–Trinajstić information content (AvgIpc) is 2.17. The molecule has 0 heterocycles. The molecule has 0 saturated carbocycles. The molecule has 0 saturated heterocycles. The predicted molar refractivity (Wildman–Crippen MR) is 66.4 cm³/mol. The van der Waals surface area contributed by atoms with Crippen LogP contribution in [-0.4, -0.2) is 7.05 Å². The van der Waals surface area contributed by atoms with Crippen molar-refractivity contribution in [3.8, 4) is 0 Å². The molecule has 0 spiro atoms. The minimum Gasteiger partial charge on any atom is -0.318 e. The Labute approximate surface area is 91.9 Å². The molecule has 0 N–H and O–H groups in total. The summed E-state index contributed by atoms with van der Waals surface area (Å²) in [5.41, 5.74) is 1.24. The fourth-order valence-corrected chi connectivity index (χ4v) is 1.67. The molecule has 66 valence electrons. The highest BCUT2D eigenvalue weighted by Gasteiger charge is 1.97. The Morgan fingerprint density at radius 1 is 1.00 bits per heavy atom. The van der Waals surface area contributed by atoms with E-state index in [-0.39, 0.29) is 0 Å². The minimum absolute atomic E-state index is 1.24. The number of hydrogen-bond acceptors (Lipinski definition) is 1. The van der Waals surface area contributed by atoms with Crippen molar-refractivity contribution in [1.82, 2.24) is 0 Å². The Kier molecular flexibility index (Phi) is 2.40.